The fraction of sp³-hybridized carbons (Fsp3) is 0.0769. The summed E-state index contributed by atoms with van der Waals surface area (Å²) >= 11 is 0. The number of benzene rings is 2. The molecule has 0 amide bonds. The van der Waals surface area contributed by atoms with Gasteiger partial charge in [-0.15, -0.1) is 0 Å². The first-order valence-electron chi connectivity index (χ1n) is 5.20. The maximum Gasteiger partial charge on any atom is 0.416 e. The van der Waals surface area contributed by atoms with E-state index in [2.05, 4.69) is 10.2 Å². The van der Waals surface area contributed by atoms with Gasteiger partial charge in [-0.25, -0.2) is 0 Å². The quantitative estimate of drug-likeness (QED) is 0.661. The van der Waals surface area contributed by atoms with Crippen molar-refractivity contribution in [3.8, 4) is 0 Å². The van der Waals surface area contributed by atoms with Gasteiger partial charge < -0.3 is 0 Å². The maximum absolute atomic E-state index is 12.3. The zero-order valence-corrected chi connectivity index (χ0v) is 9.22. The molecule has 92 valence electrons. The van der Waals surface area contributed by atoms with Crippen molar-refractivity contribution in [1.29, 1.82) is 0 Å². The van der Waals surface area contributed by atoms with Crippen molar-refractivity contribution in [2.45, 2.75) is 6.18 Å². The molecule has 0 heterocycles. The summed E-state index contributed by atoms with van der Waals surface area (Å²) in [6.07, 6.45) is -4.32. The Morgan fingerprint density at radius 1 is 0.667 bits per heavy atom. The van der Waals surface area contributed by atoms with Gasteiger partial charge >= 0.3 is 6.18 Å². The summed E-state index contributed by atoms with van der Waals surface area (Å²) in [6, 6.07) is 13.5. The van der Waals surface area contributed by atoms with E-state index >= 15 is 0 Å². The Balaban J connectivity index is 2.14. The zero-order chi connectivity index (χ0) is 13.0. The highest BCUT2D eigenvalue weighted by Crippen LogP contribution is 2.30. The van der Waals surface area contributed by atoms with E-state index < -0.39 is 11.7 Å². The number of alkyl halides is 3. The SMILES string of the molecule is FC(F)(F)c1ccc(N=Nc2ccccc2)cc1. The molecule has 5 heteroatoms. The lowest BCUT2D eigenvalue weighted by atomic mass is 10.2. The summed E-state index contributed by atoms with van der Waals surface area (Å²) in [5.41, 5.74) is 0.338. The van der Waals surface area contributed by atoms with E-state index in [4.69, 9.17) is 0 Å². The highest BCUT2D eigenvalue weighted by molar-refractivity contribution is 5.41. The van der Waals surface area contributed by atoms with Crippen molar-refractivity contribution >= 4 is 11.4 Å². The van der Waals surface area contributed by atoms with Crippen molar-refractivity contribution in [2.75, 3.05) is 0 Å². The molecule has 0 spiro atoms. The van der Waals surface area contributed by atoms with Crippen LogP contribution in [0, 0.1) is 0 Å². The lowest BCUT2D eigenvalue weighted by molar-refractivity contribution is -0.137. The third-order valence-corrected chi connectivity index (χ3v) is 2.23. The van der Waals surface area contributed by atoms with E-state index in [0.717, 1.165) is 12.1 Å². The molecule has 18 heavy (non-hydrogen) atoms. The van der Waals surface area contributed by atoms with Crippen molar-refractivity contribution in [3.63, 3.8) is 0 Å². The Morgan fingerprint density at radius 2 is 1.17 bits per heavy atom. The van der Waals surface area contributed by atoms with Crippen LogP contribution in [0.3, 0.4) is 0 Å². The standard InChI is InChI=1S/C13H9F3N2/c14-13(15,16)10-6-8-12(9-7-10)18-17-11-4-2-1-3-5-11/h1-9H. The smallest absolute Gasteiger partial charge is 0.166 e. The first-order chi connectivity index (χ1) is 8.55. The van der Waals surface area contributed by atoms with E-state index in [1.807, 2.05) is 6.07 Å². The van der Waals surface area contributed by atoms with Crippen LogP contribution in [0.2, 0.25) is 0 Å². The Kier molecular flexibility index (Phi) is 3.41. The molecule has 0 unspecified atom stereocenters. The number of halogens is 3. The van der Waals surface area contributed by atoms with E-state index in [0.29, 0.717) is 11.4 Å². The molecular formula is C13H9F3N2. The Labute approximate surface area is 102 Å². The van der Waals surface area contributed by atoms with Gasteiger partial charge in [-0.1, -0.05) is 18.2 Å². The average Bonchev–Trinajstić information content (AvgIpc) is 2.37. The molecule has 0 saturated heterocycles. The van der Waals surface area contributed by atoms with Crippen LogP contribution in [0.5, 0.6) is 0 Å². The fourth-order valence-electron chi connectivity index (χ4n) is 1.33. The van der Waals surface area contributed by atoms with E-state index in [1.54, 1.807) is 24.3 Å². The Hall–Kier alpha value is -2.17. The van der Waals surface area contributed by atoms with Crippen LogP contribution >= 0.6 is 0 Å². The maximum atomic E-state index is 12.3. The van der Waals surface area contributed by atoms with Crippen LogP contribution in [-0.4, -0.2) is 0 Å². The van der Waals surface area contributed by atoms with Gasteiger partial charge in [0.1, 0.15) is 0 Å². The highest BCUT2D eigenvalue weighted by Gasteiger charge is 2.29. The minimum absolute atomic E-state index is 0.381. The molecule has 2 aromatic carbocycles. The lowest BCUT2D eigenvalue weighted by Crippen LogP contribution is -2.03. The first-order valence-corrected chi connectivity index (χ1v) is 5.20. The molecule has 0 aliphatic carbocycles. The number of azo groups is 1. The third-order valence-electron chi connectivity index (χ3n) is 2.23. The van der Waals surface area contributed by atoms with Crippen molar-refractivity contribution in [2.24, 2.45) is 10.2 Å². The minimum atomic E-state index is -4.32. The molecule has 0 N–H and O–H groups in total. The van der Waals surface area contributed by atoms with E-state index in [-0.39, 0.29) is 0 Å². The number of nitrogens with zero attached hydrogens (tertiary/aromatic N) is 2. The third kappa shape index (κ3) is 3.16. The highest BCUT2D eigenvalue weighted by atomic mass is 19.4. The molecule has 0 fully saturated rings. The van der Waals surface area contributed by atoms with Crippen molar-refractivity contribution < 1.29 is 13.2 Å². The molecule has 0 aromatic heterocycles. The lowest BCUT2D eigenvalue weighted by Gasteiger charge is -2.05. The summed E-state index contributed by atoms with van der Waals surface area (Å²) in [4.78, 5) is 0. The van der Waals surface area contributed by atoms with Crippen molar-refractivity contribution in [3.05, 3.63) is 60.2 Å². The second-order valence-electron chi connectivity index (χ2n) is 3.58. The Morgan fingerprint density at radius 3 is 1.67 bits per heavy atom. The monoisotopic (exact) mass is 250 g/mol. The summed E-state index contributed by atoms with van der Waals surface area (Å²) in [6.45, 7) is 0. The predicted molar refractivity (Wildman–Crippen MR) is 62.1 cm³/mol. The van der Waals surface area contributed by atoms with Crippen LogP contribution in [-0.2, 0) is 6.18 Å². The summed E-state index contributed by atoms with van der Waals surface area (Å²) in [5.74, 6) is 0. The van der Waals surface area contributed by atoms with Gasteiger partial charge in [0.2, 0.25) is 0 Å². The Bertz CT molecular complexity index is 530. The summed E-state index contributed by atoms with van der Waals surface area (Å²) in [7, 11) is 0. The molecule has 0 aliphatic heterocycles. The molecule has 2 aromatic rings. The van der Waals surface area contributed by atoms with Gasteiger partial charge in [0.15, 0.2) is 0 Å². The average molecular weight is 250 g/mol. The summed E-state index contributed by atoms with van der Waals surface area (Å²) < 4.78 is 36.9. The molecular weight excluding hydrogens is 241 g/mol. The van der Waals surface area contributed by atoms with Crippen molar-refractivity contribution in [1.82, 2.24) is 0 Å². The topological polar surface area (TPSA) is 24.7 Å². The van der Waals surface area contributed by atoms with Gasteiger partial charge in [-0.2, -0.15) is 23.4 Å². The van der Waals surface area contributed by atoms with Gasteiger partial charge in [-0.05, 0) is 36.4 Å². The molecule has 0 saturated carbocycles. The molecule has 0 radical (unpaired) electrons. The second kappa shape index (κ2) is 5.00. The second-order valence-corrected chi connectivity index (χ2v) is 3.58. The van der Waals surface area contributed by atoms with Crippen LogP contribution in [0.1, 0.15) is 5.56 Å². The van der Waals surface area contributed by atoms with Gasteiger partial charge in [0, 0.05) is 0 Å². The number of rotatable bonds is 2. The molecule has 2 nitrogen and oxygen atoms in total. The van der Waals surface area contributed by atoms with Crippen LogP contribution in [0.25, 0.3) is 0 Å². The number of hydrogen-bond donors (Lipinski definition) is 0. The van der Waals surface area contributed by atoms with E-state index in [9.17, 15) is 13.2 Å². The number of hydrogen-bond acceptors (Lipinski definition) is 2. The van der Waals surface area contributed by atoms with E-state index in [1.165, 1.54) is 12.1 Å². The molecule has 2 rings (SSSR count). The van der Waals surface area contributed by atoms with Crippen LogP contribution < -0.4 is 0 Å². The largest absolute Gasteiger partial charge is 0.416 e. The molecule has 0 aliphatic rings. The predicted octanol–water partition coefficient (Wildman–Crippen LogP) is 5.12. The first kappa shape index (κ1) is 12.3. The van der Waals surface area contributed by atoms with Gasteiger partial charge in [0.05, 0.1) is 16.9 Å². The van der Waals surface area contributed by atoms with Gasteiger partial charge in [0.25, 0.3) is 0 Å². The molecule has 0 atom stereocenters. The minimum Gasteiger partial charge on any atom is -0.166 e. The normalized spacial score (nSPS) is 11.9. The van der Waals surface area contributed by atoms with Crippen LogP contribution in [0.4, 0.5) is 24.5 Å². The molecule has 0 bridgehead atoms. The fourth-order valence-corrected chi connectivity index (χ4v) is 1.33. The zero-order valence-electron chi connectivity index (χ0n) is 9.22. The van der Waals surface area contributed by atoms with Gasteiger partial charge in [-0.3, -0.25) is 0 Å². The van der Waals surface area contributed by atoms with Crippen LogP contribution in [0.15, 0.2) is 64.8 Å². The summed E-state index contributed by atoms with van der Waals surface area (Å²) in [5, 5.41) is 7.77.